The van der Waals surface area contributed by atoms with E-state index in [0.29, 0.717) is 12.4 Å². The molecule has 2 atom stereocenters. The van der Waals surface area contributed by atoms with Crippen LogP contribution in [0.2, 0.25) is 0 Å². The van der Waals surface area contributed by atoms with Gasteiger partial charge in [0, 0.05) is 36.3 Å². The van der Waals surface area contributed by atoms with Gasteiger partial charge in [-0.2, -0.15) is 0 Å². The van der Waals surface area contributed by atoms with Crippen molar-refractivity contribution in [3.63, 3.8) is 0 Å². The van der Waals surface area contributed by atoms with Crippen LogP contribution in [-0.4, -0.2) is 33.6 Å². The third-order valence-corrected chi connectivity index (χ3v) is 5.16. The van der Waals surface area contributed by atoms with Gasteiger partial charge in [0.1, 0.15) is 6.10 Å². The molecular formula is C20H24N4O2. The highest BCUT2D eigenvalue weighted by Gasteiger charge is 2.36. The Labute approximate surface area is 153 Å². The van der Waals surface area contributed by atoms with Crippen molar-refractivity contribution >= 4 is 5.91 Å². The van der Waals surface area contributed by atoms with Crippen LogP contribution in [0.25, 0.3) is 11.4 Å². The maximum absolute atomic E-state index is 12.5. The second kappa shape index (κ2) is 6.76. The smallest absolute Gasteiger partial charge is 0.249 e. The number of ether oxygens (including phenoxy) is 1. The summed E-state index contributed by atoms with van der Waals surface area (Å²) < 4.78 is 5.52. The summed E-state index contributed by atoms with van der Waals surface area (Å²) in [7, 11) is 0. The largest absolute Gasteiger partial charge is 0.368 e. The molecule has 6 heteroatoms. The average molecular weight is 352 g/mol. The molecule has 0 aromatic carbocycles. The lowest BCUT2D eigenvalue weighted by molar-refractivity contribution is -0.131. The molecule has 26 heavy (non-hydrogen) atoms. The number of hydrogen-bond donors (Lipinski definition) is 1. The Morgan fingerprint density at radius 1 is 1.31 bits per heavy atom. The predicted molar refractivity (Wildman–Crippen MR) is 97.2 cm³/mol. The lowest BCUT2D eigenvalue weighted by Crippen LogP contribution is -2.41. The molecule has 0 bridgehead atoms. The van der Waals surface area contributed by atoms with Crippen LogP contribution in [0, 0.1) is 5.41 Å². The fourth-order valence-electron chi connectivity index (χ4n) is 3.87. The first-order valence-electron chi connectivity index (χ1n) is 9.20. The first-order chi connectivity index (χ1) is 12.5. The van der Waals surface area contributed by atoms with E-state index < -0.39 is 0 Å². The second-order valence-corrected chi connectivity index (χ2v) is 7.94. The van der Waals surface area contributed by atoms with Gasteiger partial charge in [-0.15, -0.1) is 0 Å². The minimum atomic E-state index is -0.319. The van der Waals surface area contributed by atoms with E-state index >= 15 is 0 Å². The molecule has 2 aromatic rings. The van der Waals surface area contributed by atoms with Crippen LogP contribution >= 0.6 is 0 Å². The number of nitrogens with zero attached hydrogens (tertiary/aromatic N) is 3. The highest BCUT2D eigenvalue weighted by atomic mass is 16.5. The highest BCUT2D eigenvalue weighted by Crippen LogP contribution is 2.40. The van der Waals surface area contributed by atoms with Gasteiger partial charge < -0.3 is 10.1 Å². The molecular weight excluding hydrogens is 328 g/mol. The number of hydrogen-bond acceptors (Lipinski definition) is 5. The average Bonchev–Trinajstić information content (AvgIpc) is 3.16. The summed E-state index contributed by atoms with van der Waals surface area (Å²) in [6.45, 7) is 5.11. The monoisotopic (exact) mass is 352 g/mol. The molecule has 2 aliphatic rings. The normalized spacial score (nSPS) is 24.1. The Hall–Kier alpha value is -2.34. The predicted octanol–water partition coefficient (Wildman–Crippen LogP) is 2.85. The molecule has 1 aliphatic heterocycles. The zero-order chi connectivity index (χ0) is 18.1. The van der Waals surface area contributed by atoms with E-state index in [1.54, 1.807) is 12.4 Å². The van der Waals surface area contributed by atoms with Gasteiger partial charge >= 0.3 is 0 Å². The number of carbonyl (C=O) groups excluding carboxylic acids is 1. The molecule has 1 amide bonds. The van der Waals surface area contributed by atoms with Gasteiger partial charge in [0.2, 0.25) is 5.91 Å². The molecule has 1 saturated heterocycles. The van der Waals surface area contributed by atoms with Crippen LogP contribution in [0.15, 0.2) is 30.7 Å². The van der Waals surface area contributed by atoms with E-state index in [4.69, 9.17) is 9.72 Å². The summed E-state index contributed by atoms with van der Waals surface area (Å²) in [6, 6.07) is 3.75. The Morgan fingerprint density at radius 2 is 2.12 bits per heavy atom. The van der Waals surface area contributed by atoms with E-state index in [1.807, 2.05) is 18.3 Å². The van der Waals surface area contributed by atoms with E-state index in [9.17, 15) is 4.79 Å². The number of fused-ring (bicyclic) bond motifs is 1. The van der Waals surface area contributed by atoms with E-state index in [-0.39, 0.29) is 23.5 Å². The van der Waals surface area contributed by atoms with Crippen LogP contribution in [0.4, 0.5) is 0 Å². The molecule has 0 unspecified atom stereocenters. The molecule has 1 fully saturated rings. The topological polar surface area (TPSA) is 77.0 Å². The molecule has 1 N–H and O–H groups in total. The van der Waals surface area contributed by atoms with Crippen molar-refractivity contribution in [2.45, 2.75) is 51.7 Å². The lowest BCUT2D eigenvalue weighted by atomic mass is 9.74. The zero-order valence-electron chi connectivity index (χ0n) is 15.2. The van der Waals surface area contributed by atoms with Crippen molar-refractivity contribution in [2.75, 3.05) is 6.61 Å². The minimum absolute atomic E-state index is 0.0191. The van der Waals surface area contributed by atoms with Crippen LogP contribution in [0.3, 0.4) is 0 Å². The van der Waals surface area contributed by atoms with Gasteiger partial charge in [0.05, 0.1) is 11.7 Å². The number of amides is 1. The summed E-state index contributed by atoms with van der Waals surface area (Å²) >= 11 is 0. The summed E-state index contributed by atoms with van der Waals surface area (Å²) in [5.74, 6) is 0.683. The summed E-state index contributed by atoms with van der Waals surface area (Å²) in [6.07, 6.45) is 8.52. The van der Waals surface area contributed by atoms with Crippen molar-refractivity contribution in [3.05, 3.63) is 42.0 Å². The van der Waals surface area contributed by atoms with E-state index in [1.165, 1.54) is 0 Å². The molecule has 136 valence electrons. The molecule has 0 saturated carbocycles. The molecule has 4 rings (SSSR count). The molecule has 0 spiro atoms. The van der Waals surface area contributed by atoms with Crippen LogP contribution in [0.5, 0.6) is 0 Å². The Balaban J connectivity index is 1.63. The van der Waals surface area contributed by atoms with Crippen molar-refractivity contribution < 1.29 is 9.53 Å². The van der Waals surface area contributed by atoms with Gasteiger partial charge in [-0.3, -0.25) is 9.78 Å². The summed E-state index contributed by atoms with van der Waals surface area (Å²) in [5.41, 5.74) is 3.05. The first kappa shape index (κ1) is 17.1. The Kier molecular flexibility index (Phi) is 4.44. The van der Waals surface area contributed by atoms with Crippen molar-refractivity contribution in [2.24, 2.45) is 5.41 Å². The van der Waals surface area contributed by atoms with Gasteiger partial charge in [-0.25, -0.2) is 9.97 Å². The molecule has 0 radical (unpaired) electrons. The number of pyridine rings is 1. The number of rotatable bonds is 3. The highest BCUT2D eigenvalue weighted by molar-refractivity contribution is 5.81. The van der Waals surface area contributed by atoms with E-state index in [2.05, 4.69) is 29.1 Å². The van der Waals surface area contributed by atoms with E-state index in [0.717, 1.165) is 42.5 Å². The third kappa shape index (κ3) is 3.46. The first-order valence-corrected chi connectivity index (χ1v) is 9.20. The summed E-state index contributed by atoms with van der Waals surface area (Å²) in [5, 5.41) is 3.18. The maximum Gasteiger partial charge on any atom is 0.249 e. The number of nitrogens with one attached hydrogen (secondary N) is 1. The van der Waals surface area contributed by atoms with Crippen molar-refractivity contribution in [1.82, 2.24) is 20.3 Å². The molecule has 2 aromatic heterocycles. The minimum Gasteiger partial charge on any atom is -0.368 e. The van der Waals surface area contributed by atoms with Crippen molar-refractivity contribution in [3.8, 4) is 11.4 Å². The summed E-state index contributed by atoms with van der Waals surface area (Å²) in [4.78, 5) is 25.9. The quantitative estimate of drug-likeness (QED) is 0.919. The Morgan fingerprint density at radius 3 is 2.85 bits per heavy atom. The lowest BCUT2D eigenvalue weighted by Gasteiger charge is -2.36. The second-order valence-electron chi connectivity index (χ2n) is 7.94. The fraction of sp³-hybridized carbons (Fsp3) is 0.500. The molecule has 6 nitrogen and oxygen atoms in total. The standard InChI is InChI=1S/C20H24N4O2/c1-20(2)10-15-14(12-22-18(23-15)13-5-7-21-8-6-13)16(11-20)24-19(25)17-4-3-9-26-17/h5-8,12,16-17H,3-4,9-11H2,1-2H3,(H,24,25)/t16-,17+/m0/s1. The molecule has 1 aliphatic carbocycles. The van der Waals surface area contributed by atoms with Crippen LogP contribution < -0.4 is 5.32 Å². The van der Waals surface area contributed by atoms with Gasteiger partial charge in [-0.05, 0) is 43.2 Å². The Bertz CT molecular complexity index is 801. The fourth-order valence-corrected chi connectivity index (χ4v) is 3.87. The number of aromatic nitrogens is 3. The zero-order valence-corrected chi connectivity index (χ0v) is 15.2. The van der Waals surface area contributed by atoms with Gasteiger partial charge in [0.15, 0.2) is 5.82 Å². The van der Waals surface area contributed by atoms with Crippen LogP contribution in [0.1, 0.15) is 50.4 Å². The van der Waals surface area contributed by atoms with Crippen molar-refractivity contribution in [1.29, 1.82) is 0 Å². The SMILES string of the molecule is CC1(C)Cc2nc(-c3ccncc3)ncc2[C@@H](NC(=O)[C@H]2CCCO2)C1. The number of carbonyl (C=O) groups is 1. The van der Waals surface area contributed by atoms with Gasteiger partial charge in [0.25, 0.3) is 0 Å². The maximum atomic E-state index is 12.5. The van der Waals surface area contributed by atoms with Gasteiger partial charge in [-0.1, -0.05) is 13.8 Å². The third-order valence-electron chi connectivity index (χ3n) is 5.16. The molecule has 3 heterocycles. The van der Waals surface area contributed by atoms with Crippen LogP contribution in [-0.2, 0) is 16.0 Å².